The molecule has 2 aromatic heterocycles. The van der Waals surface area contributed by atoms with Gasteiger partial charge in [-0.3, -0.25) is 0 Å². The highest BCUT2D eigenvalue weighted by Crippen LogP contribution is 2.32. The van der Waals surface area contributed by atoms with Crippen molar-refractivity contribution in [1.29, 1.82) is 0 Å². The zero-order chi connectivity index (χ0) is 12.7. The topological polar surface area (TPSA) is 64.7 Å². The van der Waals surface area contributed by atoms with Crippen LogP contribution in [0.2, 0.25) is 0 Å². The lowest BCUT2D eigenvalue weighted by Gasteiger charge is -2.05. The molecule has 0 unspecified atom stereocenters. The number of fused-ring (bicyclic) bond motifs is 1. The van der Waals surface area contributed by atoms with Crippen LogP contribution in [0.1, 0.15) is 10.4 Å². The molecule has 0 aliphatic heterocycles. The summed E-state index contributed by atoms with van der Waals surface area (Å²) in [6.45, 7) is 4.18. The van der Waals surface area contributed by atoms with Crippen LogP contribution in [0.3, 0.4) is 0 Å². The average molecular weight is 256 g/mol. The first-order chi connectivity index (χ1) is 8.63. The molecule has 2 N–H and O–H groups in total. The van der Waals surface area contributed by atoms with E-state index >= 15 is 0 Å². The predicted molar refractivity (Wildman–Crippen MR) is 74.5 cm³/mol. The second-order valence-corrected chi connectivity index (χ2v) is 5.52. The summed E-state index contributed by atoms with van der Waals surface area (Å²) < 4.78 is 0. The lowest BCUT2D eigenvalue weighted by Crippen LogP contribution is -1.98. The van der Waals surface area contributed by atoms with E-state index in [9.17, 15) is 0 Å². The lowest BCUT2D eigenvalue weighted by atomic mass is 10.1. The number of aryl methyl sites for hydroxylation is 2. The van der Waals surface area contributed by atoms with Gasteiger partial charge in [0.05, 0.1) is 5.52 Å². The molecule has 3 aromatic rings. The van der Waals surface area contributed by atoms with Gasteiger partial charge >= 0.3 is 0 Å². The van der Waals surface area contributed by atoms with Gasteiger partial charge < -0.3 is 5.73 Å². The molecule has 0 radical (unpaired) electrons. The van der Waals surface area contributed by atoms with E-state index in [0.29, 0.717) is 0 Å². The van der Waals surface area contributed by atoms with Crippen LogP contribution in [0.15, 0.2) is 24.3 Å². The van der Waals surface area contributed by atoms with Gasteiger partial charge in [0.2, 0.25) is 5.95 Å². The Morgan fingerprint density at radius 2 is 1.89 bits per heavy atom. The molecule has 0 atom stereocenters. The van der Waals surface area contributed by atoms with Crippen LogP contribution in [-0.4, -0.2) is 15.2 Å². The van der Waals surface area contributed by atoms with E-state index in [1.165, 1.54) is 20.9 Å². The Hall–Kier alpha value is -2.01. The minimum atomic E-state index is 0.210. The van der Waals surface area contributed by atoms with Gasteiger partial charge in [-0.05, 0) is 49.2 Å². The van der Waals surface area contributed by atoms with Gasteiger partial charge in [0, 0.05) is 9.75 Å². The normalized spacial score (nSPS) is 11.0. The summed E-state index contributed by atoms with van der Waals surface area (Å²) in [6, 6.07) is 8.28. The lowest BCUT2D eigenvalue weighted by molar-refractivity contribution is 1.04. The van der Waals surface area contributed by atoms with E-state index < -0.39 is 0 Å². The van der Waals surface area contributed by atoms with Crippen LogP contribution in [0.25, 0.3) is 21.5 Å². The minimum Gasteiger partial charge on any atom is -0.366 e. The number of rotatable bonds is 1. The number of nitrogens with two attached hydrogens (primary N) is 1. The van der Waals surface area contributed by atoms with Gasteiger partial charge in [0.1, 0.15) is 5.52 Å². The molecule has 5 heteroatoms. The van der Waals surface area contributed by atoms with Crippen molar-refractivity contribution in [3.8, 4) is 10.4 Å². The second kappa shape index (κ2) is 4.03. The van der Waals surface area contributed by atoms with Crippen LogP contribution in [-0.2, 0) is 0 Å². The maximum absolute atomic E-state index is 5.54. The molecule has 2 heterocycles. The molecular formula is C13H12N4S. The molecule has 18 heavy (non-hydrogen) atoms. The smallest absolute Gasteiger partial charge is 0.240 e. The molecule has 0 saturated carbocycles. The highest BCUT2D eigenvalue weighted by atomic mass is 32.1. The maximum Gasteiger partial charge on any atom is 0.240 e. The first-order valence-electron chi connectivity index (χ1n) is 5.61. The molecule has 0 fully saturated rings. The fraction of sp³-hybridized carbons (Fsp3) is 0.154. The standard InChI is InChI=1S/C13H12N4S/c1-7-5-10-11(16-17-13(14)15-10)6-9(7)12-4-3-8(2)18-12/h3-6H,1-2H3,(H2,14,15,17). The largest absolute Gasteiger partial charge is 0.366 e. The van der Waals surface area contributed by atoms with Crippen LogP contribution in [0.4, 0.5) is 5.95 Å². The summed E-state index contributed by atoms with van der Waals surface area (Å²) in [6.07, 6.45) is 0. The first-order valence-corrected chi connectivity index (χ1v) is 6.42. The summed E-state index contributed by atoms with van der Waals surface area (Å²) in [5, 5.41) is 7.88. The SMILES string of the molecule is Cc1ccc(-c2cc3nnc(N)nc3cc2C)s1. The van der Waals surface area contributed by atoms with Crippen molar-refractivity contribution in [1.82, 2.24) is 15.2 Å². The molecule has 3 rings (SSSR count). The molecule has 0 spiro atoms. The Morgan fingerprint density at radius 3 is 2.61 bits per heavy atom. The van der Waals surface area contributed by atoms with Gasteiger partial charge in [-0.25, -0.2) is 4.98 Å². The summed E-state index contributed by atoms with van der Waals surface area (Å²) in [5.41, 5.74) is 9.46. The van der Waals surface area contributed by atoms with Crippen molar-refractivity contribution in [3.05, 3.63) is 34.7 Å². The van der Waals surface area contributed by atoms with E-state index in [1.807, 2.05) is 12.1 Å². The number of hydrogen-bond acceptors (Lipinski definition) is 5. The summed E-state index contributed by atoms with van der Waals surface area (Å²) in [5.74, 6) is 0.210. The number of nitrogen functional groups attached to an aromatic ring is 1. The number of nitrogens with zero attached hydrogens (tertiary/aromatic N) is 3. The molecule has 90 valence electrons. The van der Waals surface area contributed by atoms with E-state index in [4.69, 9.17) is 5.73 Å². The molecule has 0 saturated heterocycles. The molecule has 0 aliphatic carbocycles. The quantitative estimate of drug-likeness (QED) is 0.727. The van der Waals surface area contributed by atoms with Crippen molar-refractivity contribution < 1.29 is 0 Å². The number of hydrogen-bond donors (Lipinski definition) is 1. The van der Waals surface area contributed by atoms with Gasteiger partial charge in [0.25, 0.3) is 0 Å². The zero-order valence-corrected chi connectivity index (χ0v) is 11.0. The van der Waals surface area contributed by atoms with Crippen molar-refractivity contribution in [2.75, 3.05) is 5.73 Å². The molecule has 1 aromatic carbocycles. The fourth-order valence-electron chi connectivity index (χ4n) is 1.95. The highest BCUT2D eigenvalue weighted by molar-refractivity contribution is 7.15. The van der Waals surface area contributed by atoms with Gasteiger partial charge in [-0.15, -0.1) is 21.5 Å². The van der Waals surface area contributed by atoms with Gasteiger partial charge in [-0.2, -0.15) is 0 Å². The van der Waals surface area contributed by atoms with E-state index in [0.717, 1.165) is 11.0 Å². The first kappa shape index (κ1) is 11.1. The van der Waals surface area contributed by atoms with Crippen LogP contribution in [0.5, 0.6) is 0 Å². The molecule has 0 bridgehead atoms. The Bertz CT molecular complexity index is 733. The predicted octanol–water partition coefficient (Wildman–Crippen LogP) is 2.95. The average Bonchev–Trinajstić information content (AvgIpc) is 2.74. The molecule has 0 amide bonds. The molecular weight excluding hydrogens is 244 g/mol. The van der Waals surface area contributed by atoms with Crippen LogP contribution < -0.4 is 5.73 Å². The number of thiophene rings is 1. The third kappa shape index (κ3) is 1.82. The summed E-state index contributed by atoms with van der Waals surface area (Å²) in [4.78, 5) is 6.72. The van der Waals surface area contributed by atoms with Crippen LogP contribution in [0, 0.1) is 13.8 Å². The third-order valence-electron chi connectivity index (χ3n) is 2.82. The number of benzene rings is 1. The Kier molecular flexibility index (Phi) is 2.48. The monoisotopic (exact) mass is 256 g/mol. The van der Waals surface area contributed by atoms with E-state index in [1.54, 1.807) is 11.3 Å². The Morgan fingerprint density at radius 1 is 1.06 bits per heavy atom. The van der Waals surface area contributed by atoms with E-state index in [2.05, 4.69) is 41.2 Å². The third-order valence-corrected chi connectivity index (χ3v) is 3.86. The second-order valence-electron chi connectivity index (χ2n) is 4.24. The fourth-order valence-corrected chi connectivity index (χ4v) is 2.90. The molecule has 4 nitrogen and oxygen atoms in total. The highest BCUT2D eigenvalue weighted by Gasteiger charge is 2.08. The summed E-state index contributed by atoms with van der Waals surface area (Å²) >= 11 is 1.77. The minimum absolute atomic E-state index is 0.210. The Balaban J connectivity index is 2.24. The van der Waals surface area contributed by atoms with Crippen molar-refractivity contribution in [3.63, 3.8) is 0 Å². The number of aromatic nitrogens is 3. The van der Waals surface area contributed by atoms with E-state index in [-0.39, 0.29) is 5.95 Å². The number of anilines is 1. The van der Waals surface area contributed by atoms with Crippen molar-refractivity contribution in [2.24, 2.45) is 0 Å². The Labute approximate surface area is 109 Å². The van der Waals surface area contributed by atoms with Crippen LogP contribution >= 0.6 is 11.3 Å². The van der Waals surface area contributed by atoms with Gasteiger partial charge in [0.15, 0.2) is 0 Å². The summed E-state index contributed by atoms with van der Waals surface area (Å²) in [7, 11) is 0. The molecule has 0 aliphatic rings. The van der Waals surface area contributed by atoms with Gasteiger partial charge in [-0.1, -0.05) is 0 Å². The maximum atomic E-state index is 5.54. The van der Waals surface area contributed by atoms with Crippen molar-refractivity contribution in [2.45, 2.75) is 13.8 Å². The zero-order valence-electron chi connectivity index (χ0n) is 10.1. The van der Waals surface area contributed by atoms with Crippen molar-refractivity contribution >= 4 is 28.3 Å².